The van der Waals surface area contributed by atoms with Crippen LogP contribution in [0.4, 0.5) is 5.69 Å². The molecule has 102 valence electrons. The van der Waals surface area contributed by atoms with Gasteiger partial charge in [-0.15, -0.1) is 0 Å². The van der Waals surface area contributed by atoms with E-state index in [2.05, 4.69) is 5.10 Å². The van der Waals surface area contributed by atoms with Gasteiger partial charge in [0, 0.05) is 18.8 Å². The second kappa shape index (κ2) is 7.14. The number of methoxy groups -OCH3 is 1. The third kappa shape index (κ3) is 3.72. The maximum Gasteiger partial charge on any atom is 0.126 e. The highest BCUT2D eigenvalue weighted by Gasteiger charge is 1.96. The average molecular weight is 266 g/mol. The van der Waals surface area contributed by atoms with Gasteiger partial charge < -0.3 is 4.74 Å². The van der Waals surface area contributed by atoms with Crippen LogP contribution >= 0.6 is 0 Å². The molecule has 0 bridgehead atoms. The number of para-hydroxylation sites is 2. The third-order valence-electron chi connectivity index (χ3n) is 2.87. The number of hydrogen-bond acceptors (Lipinski definition) is 3. The summed E-state index contributed by atoms with van der Waals surface area (Å²) in [5.41, 5.74) is 2.08. The molecule has 0 aliphatic carbocycles. The van der Waals surface area contributed by atoms with E-state index >= 15 is 0 Å². The molecule has 0 radical (unpaired) electrons. The van der Waals surface area contributed by atoms with Crippen molar-refractivity contribution in [3.63, 3.8) is 0 Å². The average Bonchev–Trinajstić information content (AvgIpc) is 2.52. The zero-order valence-electron chi connectivity index (χ0n) is 11.7. The van der Waals surface area contributed by atoms with Gasteiger partial charge in [-0.2, -0.15) is 5.10 Å². The third-order valence-corrected chi connectivity index (χ3v) is 2.87. The van der Waals surface area contributed by atoms with Crippen molar-refractivity contribution in [2.75, 3.05) is 19.2 Å². The van der Waals surface area contributed by atoms with Crippen molar-refractivity contribution in [2.24, 2.45) is 5.10 Å². The van der Waals surface area contributed by atoms with Gasteiger partial charge in [-0.05, 0) is 30.4 Å². The lowest BCUT2D eigenvalue weighted by atomic mass is 10.2. The lowest BCUT2D eigenvalue weighted by Crippen LogP contribution is -2.07. The van der Waals surface area contributed by atoms with Gasteiger partial charge in [0.05, 0.1) is 12.8 Å². The van der Waals surface area contributed by atoms with Gasteiger partial charge in [-0.3, -0.25) is 5.01 Å². The minimum absolute atomic E-state index is 0.855. The Hall–Kier alpha value is -2.55. The predicted octanol–water partition coefficient (Wildman–Crippen LogP) is 3.83. The molecule has 0 saturated heterocycles. The zero-order valence-corrected chi connectivity index (χ0v) is 11.7. The zero-order chi connectivity index (χ0) is 14.2. The van der Waals surface area contributed by atoms with E-state index in [9.17, 15) is 0 Å². The van der Waals surface area contributed by atoms with Crippen LogP contribution < -0.4 is 9.75 Å². The molecule has 20 heavy (non-hydrogen) atoms. The first-order valence-electron chi connectivity index (χ1n) is 6.43. The maximum atomic E-state index is 5.29. The molecule has 0 spiro atoms. The Morgan fingerprint density at radius 1 is 1.00 bits per heavy atom. The van der Waals surface area contributed by atoms with Crippen LogP contribution in [0.1, 0.15) is 5.56 Å². The van der Waals surface area contributed by atoms with Gasteiger partial charge in [0.15, 0.2) is 0 Å². The van der Waals surface area contributed by atoms with Crippen molar-refractivity contribution in [3.8, 4) is 5.75 Å². The van der Waals surface area contributed by atoms with Crippen LogP contribution in [0.2, 0.25) is 0 Å². The Balaban J connectivity index is 2.01. The molecule has 2 aromatic carbocycles. The molecule has 3 nitrogen and oxygen atoms in total. The van der Waals surface area contributed by atoms with Crippen LogP contribution in [0.15, 0.2) is 65.8 Å². The molecule has 0 N–H and O–H groups in total. The molecule has 2 rings (SSSR count). The highest BCUT2D eigenvalue weighted by atomic mass is 16.5. The SMILES string of the molecule is COc1ccccc1C=CC=NN(C)c1ccccc1. The molecule has 2 aromatic rings. The van der Waals surface area contributed by atoms with Crippen LogP contribution in [-0.2, 0) is 0 Å². The van der Waals surface area contributed by atoms with Crippen LogP contribution in [-0.4, -0.2) is 20.4 Å². The highest BCUT2D eigenvalue weighted by molar-refractivity contribution is 5.80. The second-order valence-corrected chi connectivity index (χ2v) is 4.22. The fourth-order valence-corrected chi connectivity index (χ4v) is 1.80. The summed E-state index contributed by atoms with van der Waals surface area (Å²) in [6.45, 7) is 0. The van der Waals surface area contributed by atoms with Crippen molar-refractivity contribution in [1.29, 1.82) is 0 Å². The van der Waals surface area contributed by atoms with E-state index in [-0.39, 0.29) is 0 Å². The summed E-state index contributed by atoms with van der Waals surface area (Å²) >= 11 is 0. The topological polar surface area (TPSA) is 24.8 Å². The number of rotatable bonds is 5. The summed E-state index contributed by atoms with van der Waals surface area (Å²) in [6, 6.07) is 17.9. The van der Waals surface area contributed by atoms with Crippen molar-refractivity contribution in [2.45, 2.75) is 0 Å². The summed E-state index contributed by atoms with van der Waals surface area (Å²) in [5.74, 6) is 0.855. The number of hydrogen-bond donors (Lipinski definition) is 0. The van der Waals surface area contributed by atoms with Gasteiger partial charge in [0.25, 0.3) is 0 Å². The Labute approximate surface area is 119 Å². The molecule has 0 heterocycles. The first kappa shape index (κ1) is 13.9. The normalized spacial score (nSPS) is 11.1. The Morgan fingerprint density at radius 2 is 1.70 bits per heavy atom. The van der Waals surface area contributed by atoms with Gasteiger partial charge in [0.2, 0.25) is 0 Å². The number of nitrogens with zero attached hydrogens (tertiary/aromatic N) is 2. The molecule has 0 aliphatic heterocycles. The monoisotopic (exact) mass is 266 g/mol. The van der Waals surface area contributed by atoms with Crippen molar-refractivity contribution < 1.29 is 4.74 Å². The van der Waals surface area contributed by atoms with Crippen LogP contribution in [0.3, 0.4) is 0 Å². The standard InChI is InChI=1S/C17H18N2O/c1-19(16-11-4-3-5-12-16)18-14-8-10-15-9-6-7-13-17(15)20-2/h3-14H,1-2H3. The highest BCUT2D eigenvalue weighted by Crippen LogP contribution is 2.18. The number of anilines is 1. The molecule has 0 fully saturated rings. The van der Waals surface area contributed by atoms with Gasteiger partial charge >= 0.3 is 0 Å². The van der Waals surface area contributed by atoms with Crippen LogP contribution in [0.25, 0.3) is 6.08 Å². The largest absolute Gasteiger partial charge is 0.496 e. The maximum absolute atomic E-state index is 5.29. The van der Waals surface area contributed by atoms with E-state index in [4.69, 9.17) is 4.74 Å². The van der Waals surface area contributed by atoms with E-state index < -0.39 is 0 Å². The smallest absolute Gasteiger partial charge is 0.126 e. The number of hydrazone groups is 1. The van der Waals surface area contributed by atoms with E-state index in [1.807, 2.05) is 78.8 Å². The lowest BCUT2D eigenvalue weighted by molar-refractivity contribution is 0.414. The van der Waals surface area contributed by atoms with E-state index in [0.29, 0.717) is 0 Å². The number of benzene rings is 2. The summed E-state index contributed by atoms with van der Waals surface area (Å²) in [6.07, 6.45) is 5.64. The summed E-state index contributed by atoms with van der Waals surface area (Å²) in [5, 5.41) is 6.17. The predicted molar refractivity (Wildman–Crippen MR) is 85.4 cm³/mol. The molecular formula is C17H18N2O. The van der Waals surface area contributed by atoms with E-state index in [1.165, 1.54) is 0 Å². The summed E-state index contributed by atoms with van der Waals surface area (Å²) in [4.78, 5) is 0. The van der Waals surface area contributed by atoms with Crippen LogP contribution in [0, 0.1) is 0 Å². The summed E-state index contributed by atoms with van der Waals surface area (Å²) in [7, 11) is 3.59. The number of allylic oxidation sites excluding steroid dienone is 1. The molecule has 0 aromatic heterocycles. The van der Waals surface area contributed by atoms with E-state index in [0.717, 1.165) is 17.0 Å². The van der Waals surface area contributed by atoms with Crippen molar-refractivity contribution >= 4 is 18.0 Å². The molecular weight excluding hydrogens is 248 g/mol. The second-order valence-electron chi connectivity index (χ2n) is 4.22. The molecule has 0 unspecified atom stereocenters. The minimum atomic E-state index is 0.855. The minimum Gasteiger partial charge on any atom is -0.496 e. The molecule has 3 heteroatoms. The van der Waals surface area contributed by atoms with Gasteiger partial charge in [-0.1, -0.05) is 36.4 Å². The number of ether oxygens (including phenoxy) is 1. The van der Waals surface area contributed by atoms with Crippen LogP contribution in [0.5, 0.6) is 5.75 Å². The Morgan fingerprint density at radius 3 is 2.45 bits per heavy atom. The van der Waals surface area contributed by atoms with Crippen molar-refractivity contribution in [1.82, 2.24) is 0 Å². The quantitative estimate of drug-likeness (QED) is 0.607. The summed E-state index contributed by atoms with van der Waals surface area (Å²) < 4.78 is 5.29. The molecule has 0 aliphatic rings. The van der Waals surface area contributed by atoms with E-state index in [1.54, 1.807) is 13.3 Å². The lowest BCUT2D eigenvalue weighted by Gasteiger charge is -2.11. The Kier molecular flexibility index (Phi) is 4.95. The van der Waals surface area contributed by atoms with Gasteiger partial charge in [-0.25, -0.2) is 0 Å². The first-order chi connectivity index (χ1) is 9.81. The Bertz CT molecular complexity index is 591. The first-order valence-corrected chi connectivity index (χ1v) is 6.43. The molecule has 0 atom stereocenters. The van der Waals surface area contributed by atoms with Gasteiger partial charge in [0.1, 0.15) is 5.75 Å². The fraction of sp³-hybridized carbons (Fsp3) is 0.118. The molecule has 0 amide bonds. The van der Waals surface area contributed by atoms with Crippen molar-refractivity contribution in [3.05, 3.63) is 66.2 Å². The fourth-order valence-electron chi connectivity index (χ4n) is 1.80. The molecule has 0 saturated carbocycles.